The summed E-state index contributed by atoms with van der Waals surface area (Å²) in [4.78, 5) is 1.51. The minimum Gasteiger partial charge on any atom is -0.0651 e. The third-order valence-electron chi connectivity index (χ3n) is 7.28. The first kappa shape index (κ1) is 18.7. The highest BCUT2D eigenvalue weighted by atomic mass is 28.2. The molecule has 33 heavy (non-hydrogen) atoms. The van der Waals surface area contributed by atoms with Gasteiger partial charge in [0.05, 0.1) is 5.41 Å². The first-order valence-corrected chi connectivity index (χ1v) is 12.7. The van der Waals surface area contributed by atoms with E-state index in [0.717, 1.165) is 0 Å². The van der Waals surface area contributed by atoms with E-state index in [-0.39, 0.29) is 14.5 Å². The molecule has 0 saturated carbocycles. The Kier molecular flexibility index (Phi) is 4.03. The number of hydrogen-bond acceptors (Lipinski definition) is 0. The van der Waals surface area contributed by atoms with E-state index in [1.54, 1.807) is 0 Å². The molecule has 0 atom stereocenters. The molecule has 0 nitrogen and oxygen atoms in total. The average molecular weight is 435 g/mol. The Hall–Kier alpha value is -3.81. The van der Waals surface area contributed by atoms with Crippen molar-refractivity contribution in [3.63, 3.8) is 0 Å². The summed E-state index contributed by atoms with van der Waals surface area (Å²) >= 11 is 0. The van der Waals surface area contributed by atoms with E-state index >= 15 is 0 Å². The molecule has 0 unspecified atom stereocenters. The maximum absolute atomic E-state index is 2.46. The van der Waals surface area contributed by atoms with Gasteiger partial charge in [-0.3, -0.25) is 0 Å². The lowest BCUT2D eigenvalue weighted by Crippen LogP contribution is -2.33. The SMILES string of the molecule is C1=CC(c2cccc3ccccc23)(c2cccc3ccccc23)C2=c3ccccc3=[SiH]C2=C1. The van der Waals surface area contributed by atoms with Crippen LogP contribution in [0.2, 0.25) is 0 Å². The van der Waals surface area contributed by atoms with E-state index in [1.807, 2.05) is 0 Å². The van der Waals surface area contributed by atoms with Gasteiger partial charge in [0, 0.05) is 9.13 Å². The molecular weight excluding hydrogens is 412 g/mol. The molecule has 7 rings (SSSR count). The fourth-order valence-electron chi connectivity index (χ4n) is 5.93. The molecule has 1 aliphatic carbocycles. The van der Waals surface area contributed by atoms with Crippen molar-refractivity contribution in [2.75, 3.05) is 0 Å². The summed E-state index contributed by atoms with van der Waals surface area (Å²) in [5.74, 6) is 0. The zero-order chi connectivity index (χ0) is 21.8. The highest BCUT2D eigenvalue weighted by Crippen LogP contribution is 2.50. The van der Waals surface area contributed by atoms with E-state index in [0.29, 0.717) is 0 Å². The monoisotopic (exact) mass is 434 g/mol. The number of hydrogen-bond donors (Lipinski definition) is 0. The van der Waals surface area contributed by atoms with Gasteiger partial charge in [-0.1, -0.05) is 127 Å². The second kappa shape index (κ2) is 7.10. The highest BCUT2D eigenvalue weighted by Gasteiger charge is 2.41. The van der Waals surface area contributed by atoms with Gasteiger partial charge in [-0.25, -0.2) is 0 Å². The van der Waals surface area contributed by atoms with Crippen molar-refractivity contribution in [2.45, 2.75) is 5.41 Å². The minimum absolute atomic E-state index is 0.0910. The number of allylic oxidation sites excluding steroid dienone is 4. The second-order valence-electron chi connectivity index (χ2n) is 8.95. The molecule has 154 valence electrons. The molecular formula is C32H22Si. The largest absolute Gasteiger partial charge is 0.0654 e. The van der Waals surface area contributed by atoms with E-state index < -0.39 is 0 Å². The van der Waals surface area contributed by atoms with Crippen LogP contribution in [0.1, 0.15) is 11.1 Å². The highest BCUT2D eigenvalue weighted by molar-refractivity contribution is 6.45. The maximum Gasteiger partial charge on any atom is 0.0654 e. The molecule has 0 radical (unpaired) electrons. The predicted molar refractivity (Wildman–Crippen MR) is 141 cm³/mol. The Morgan fingerprint density at radius 1 is 0.545 bits per heavy atom. The van der Waals surface area contributed by atoms with Crippen LogP contribution in [-0.2, 0) is 5.41 Å². The molecule has 0 aromatic heterocycles. The van der Waals surface area contributed by atoms with Crippen LogP contribution in [0.15, 0.2) is 133 Å². The molecule has 0 fully saturated rings. The van der Waals surface area contributed by atoms with Crippen LogP contribution in [0, 0.1) is 4.81 Å². The molecule has 0 N–H and O–H groups in total. The lowest BCUT2D eigenvalue weighted by atomic mass is 9.64. The zero-order valence-corrected chi connectivity index (χ0v) is 19.4. The molecule has 0 saturated heterocycles. The first-order chi connectivity index (χ1) is 16.4. The summed E-state index contributed by atoms with van der Waals surface area (Å²) in [5.41, 5.74) is 3.86. The van der Waals surface area contributed by atoms with Gasteiger partial charge < -0.3 is 0 Å². The number of fused-ring (bicyclic) bond motifs is 4. The van der Waals surface area contributed by atoms with Gasteiger partial charge in [0.2, 0.25) is 0 Å². The summed E-state index contributed by atoms with van der Waals surface area (Å²) in [5, 5.41) is 8.16. The molecule has 1 aliphatic heterocycles. The van der Waals surface area contributed by atoms with Crippen molar-refractivity contribution >= 4 is 36.2 Å². The van der Waals surface area contributed by atoms with Crippen LogP contribution in [0.25, 0.3) is 27.1 Å². The van der Waals surface area contributed by atoms with Crippen LogP contribution >= 0.6 is 0 Å². The van der Waals surface area contributed by atoms with E-state index in [9.17, 15) is 0 Å². The van der Waals surface area contributed by atoms with Crippen molar-refractivity contribution in [2.24, 2.45) is 0 Å². The number of benzene rings is 5. The lowest BCUT2D eigenvalue weighted by Gasteiger charge is -2.38. The van der Waals surface area contributed by atoms with Crippen LogP contribution in [0.3, 0.4) is 0 Å². The van der Waals surface area contributed by atoms with E-state index in [4.69, 9.17) is 0 Å². The fraction of sp³-hybridized carbons (Fsp3) is 0.0312. The van der Waals surface area contributed by atoms with Crippen molar-refractivity contribution in [3.8, 4) is 0 Å². The van der Waals surface area contributed by atoms with Crippen LogP contribution in [0.5, 0.6) is 0 Å². The molecule has 5 aromatic carbocycles. The van der Waals surface area contributed by atoms with Gasteiger partial charge in [-0.05, 0) is 53.5 Å². The summed E-state index contributed by atoms with van der Waals surface area (Å²) in [6.07, 6.45) is 7.12. The van der Waals surface area contributed by atoms with E-state index in [1.165, 1.54) is 53.5 Å². The Morgan fingerprint density at radius 2 is 1.12 bits per heavy atom. The quantitative estimate of drug-likeness (QED) is 0.287. The number of rotatable bonds is 2. The second-order valence-corrected chi connectivity index (χ2v) is 10.5. The van der Waals surface area contributed by atoms with Gasteiger partial charge >= 0.3 is 0 Å². The van der Waals surface area contributed by atoms with Crippen molar-refractivity contribution < 1.29 is 0 Å². The topological polar surface area (TPSA) is 0 Å². The summed E-state index contributed by atoms with van der Waals surface area (Å²) in [7, 11) is 0.0910. The molecule has 1 heterocycles. The van der Waals surface area contributed by atoms with Gasteiger partial charge in [-0.15, -0.1) is 0 Å². The Balaban J connectivity index is 1.73. The normalized spacial score (nSPS) is 15.8. The standard InChI is InChI=1S/C32H22Si/c1-3-14-24-22(10-1)12-7-17-27(24)32(28-18-8-13-23-11-2-4-15-25(23)28)21-9-20-30-31(32)26-16-5-6-19-29(26)33-30/h1-21,33H. The van der Waals surface area contributed by atoms with Gasteiger partial charge in [0.1, 0.15) is 0 Å². The molecule has 2 aliphatic rings. The van der Waals surface area contributed by atoms with Crippen LogP contribution in [-0.4, -0.2) is 9.13 Å². The smallest absolute Gasteiger partial charge is 0.0651 e. The van der Waals surface area contributed by atoms with E-state index in [2.05, 4.69) is 127 Å². The van der Waals surface area contributed by atoms with Crippen LogP contribution < -0.4 is 5.22 Å². The molecule has 0 spiro atoms. The third-order valence-corrected chi connectivity index (χ3v) is 8.88. The zero-order valence-electron chi connectivity index (χ0n) is 18.2. The van der Waals surface area contributed by atoms with Crippen molar-refractivity contribution in [1.29, 1.82) is 0 Å². The van der Waals surface area contributed by atoms with Gasteiger partial charge in [0.25, 0.3) is 0 Å². The predicted octanol–water partition coefficient (Wildman–Crippen LogP) is 6.28. The third kappa shape index (κ3) is 2.60. The Bertz CT molecular complexity index is 1680. The molecule has 0 amide bonds. The van der Waals surface area contributed by atoms with Crippen molar-refractivity contribution in [1.82, 2.24) is 0 Å². The van der Waals surface area contributed by atoms with Gasteiger partial charge in [-0.2, -0.15) is 0 Å². The van der Waals surface area contributed by atoms with Crippen molar-refractivity contribution in [3.05, 3.63) is 154 Å². The minimum atomic E-state index is -0.342. The molecule has 5 aromatic rings. The van der Waals surface area contributed by atoms with Gasteiger partial charge in [0.15, 0.2) is 0 Å². The molecule has 0 bridgehead atoms. The fourth-order valence-corrected chi connectivity index (χ4v) is 7.60. The summed E-state index contributed by atoms with van der Waals surface area (Å²) in [6, 6.07) is 40.3. The molecule has 1 heteroatoms. The average Bonchev–Trinajstić information content (AvgIpc) is 3.27. The Labute approximate surface area is 195 Å². The first-order valence-electron chi connectivity index (χ1n) is 11.5. The van der Waals surface area contributed by atoms with Crippen LogP contribution in [0.4, 0.5) is 0 Å². The summed E-state index contributed by atoms with van der Waals surface area (Å²) in [6.45, 7) is 0. The maximum atomic E-state index is 2.46. The Morgan fingerprint density at radius 3 is 1.82 bits per heavy atom. The summed E-state index contributed by atoms with van der Waals surface area (Å²) < 4.78 is 0. The lowest BCUT2D eigenvalue weighted by molar-refractivity contribution is 0.850.